The van der Waals surface area contributed by atoms with Crippen LogP contribution in [0.5, 0.6) is 0 Å². The number of aromatic amines is 1. The van der Waals surface area contributed by atoms with Crippen LogP contribution in [0.25, 0.3) is 11.0 Å². The highest BCUT2D eigenvalue weighted by Gasteiger charge is 2.43. The van der Waals surface area contributed by atoms with E-state index in [2.05, 4.69) is 16.9 Å². The molecule has 2 fully saturated rings. The standard InChI is InChI=1S/C17H21N3O/c1-17(13-3-4-13)6-8-20(9-7-17)16(21)12-2-5-14-15(10-12)19-11-18-14/h2,5,10-11,13H,3-4,6-9H2,1H3,(H,18,19). The zero-order valence-electron chi connectivity index (χ0n) is 12.4. The number of benzene rings is 1. The maximum Gasteiger partial charge on any atom is 0.253 e. The van der Waals surface area contributed by atoms with Crippen LogP contribution in [0.1, 0.15) is 43.0 Å². The first-order valence-corrected chi connectivity index (χ1v) is 7.88. The lowest BCUT2D eigenvalue weighted by atomic mass is 9.76. The van der Waals surface area contributed by atoms with Gasteiger partial charge in [-0.25, -0.2) is 4.98 Å². The molecule has 0 spiro atoms. The summed E-state index contributed by atoms with van der Waals surface area (Å²) >= 11 is 0. The van der Waals surface area contributed by atoms with E-state index in [0.717, 1.165) is 48.4 Å². The Labute approximate surface area is 124 Å². The smallest absolute Gasteiger partial charge is 0.253 e. The Hall–Kier alpha value is -1.84. The highest BCUT2D eigenvalue weighted by molar-refractivity contribution is 5.97. The average molecular weight is 283 g/mol. The number of carbonyl (C=O) groups excluding carboxylic acids is 1. The molecule has 2 aliphatic rings. The molecule has 1 aliphatic carbocycles. The van der Waals surface area contributed by atoms with Crippen molar-refractivity contribution in [3.63, 3.8) is 0 Å². The van der Waals surface area contributed by atoms with E-state index in [0.29, 0.717) is 5.41 Å². The first-order chi connectivity index (χ1) is 10.2. The van der Waals surface area contributed by atoms with Crippen LogP contribution in [-0.4, -0.2) is 33.9 Å². The molecule has 2 aromatic rings. The quantitative estimate of drug-likeness (QED) is 0.920. The maximum atomic E-state index is 12.7. The van der Waals surface area contributed by atoms with E-state index in [1.807, 2.05) is 23.1 Å². The number of piperidine rings is 1. The van der Waals surface area contributed by atoms with E-state index in [1.165, 1.54) is 12.8 Å². The van der Waals surface area contributed by atoms with Gasteiger partial charge < -0.3 is 9.88 Å². The van der Waals surface area contributed by atoms with Crippen molar-refractivity contribution in [1.82, 2.24) is 14.9 Å². The summed E-state index contributed by atoms with van der Waals surface area (Å²) in [5.74, 6) is 1.07. The van der Waals surface area contributed by atoms with Crippen LogP contribution in [0.3, 0.4) is 0 Å². The van der Waals surface area contributed by atoms with Gasteiger partial charge in [0.1, 0.15) is 0 Å². The summed E-state index contributed by atoms with van der Waals surface area (Å²) in [4.78, 5) is 21.9. The number of fused-ring (bicyclic) bond motifs is 1. The zero-order valence-corrected chi connectivity index (χ0v) is 12.4. The van der Waals surface area contributed by atoms with Gasteiger partial charge in [0.15, 0.2) is 0 Å². The van der Waals surface area contributed by atoms with E-state index in [9.17, 15) is 4.79 Å². The van der Waals surface area contributed by atoms with Gasteiger partial charge >= 0.3 is 0 Å². The summed E-state index contributed by atoms with van der Waals surface area (Å²) in [5, 5.41) is 0. The maximum absolute atomic E-state index is 12.7. The van der Waals surface area contributed by atoms with Crippen molar-refractivity contribution < 1.29 is 4.79 Å². The molecular formula is C17H21N3O. The SMILES string of the molecule is CC1(C2CC2)CCN(C(=O)c2ccc3nc[nH]c3c2)CC1. The number of rotatable bonds is 2. The van der Waals surface area contributed by atoms with Crippen molar-refractivity contribution >= 4 is 16.9 Å². The first-order valence-electron chi connectivity index (χ1n) is 7.88. The second-order valence-corrected chi connectivity index (χ2v) is 6.85. The molecule has 1 saturated heterocycles. The third-order valence-electron chi connectivity index (χ3n) is 5.42. The van der Waals surface area contributed by atoms with Crippen molar-refractivity contribution in [2.45, 2.75) is 32.6 Å². The number of nitrogens with one attached hydrogen (secondary N) is 1. The van der Waals surface area contributed by atoms with Crippen molar-refractivity contribution in [3.8, 4) is 0 Å². The normalized spacial score (nSPS) is 21.7. The number of likely N-dealkylation sites (tertiary alicyclic amines) is 1. The second kappa shape index (κ2) is 4.58. The Morgan fingerprint density at radius 1 is 1.33 bits per heavy atom. The molecule has 1 aromatic carbocycles. The van der Waals surface area contributed by atoms with Gasteiger partial charge in [0.25, 0.3) is 5.91 Å². The number of hydrogen-bond donors (Lipinski definition) is 1. The number of H-pyrrole nitrogens is 1. The molecule has 4 heteroatoms. The molecule has 110 valence electrons. The minimum Gasteiger partial charge on any atom is -0.345 e. The molecule has 1 aromatic heterocycles. The Morgan fingerprint density at radius 2 is 2.10 bits per heavy atom. The fraction of sp³-hybridized carbons (Fsp3) is 0.529. The summed E-state index contributed by atoms with van der Waals surface area (Å²) in [6.07, 6.45) is 6.74. The summed E-state index contributed by atoms with van der Waals surface area (Å²) < 4.78 is 0. The van der Waals surface area contributed by atoms with Gasteiger partial charge in [-0.3, -0.25) is 4.79 Å². The van der Waals surface area contributed by atoms with Crippen LogP contribution in [-0.2, 0) is 0 Å². The van der Waals surface area contributed by atoms with Crippen molar-refractivity contribution in [2.75, 3.05) is 13.1 Å². The lowest BCUT2D eigenvalue weighted by Gasteiger charge is -2.39. The largest absolute Gasteiger partial charge is 0.345 e. The Balaban J connectivity index is 1.50. The van der Waals surface area contributed by atoms with Gasteiger partial charge in [0.2, 0.25) is 0 Å². The van der Waals surface area contributed by atoms with Gasteiger partial charge in [-0.05, 0) is 55.2 Å². The Bertz CT molecular complexity index is 678. The molecule has 0 unspecified atom stereocenters. The number of imidazole rings is 1. The molecule has 2 heterocycles. The van der Waals surface area contributed by atoms with Crippen LogP contribution < -0.4 is 0 Å². The van der Waals surface area contributed by atoms with E-state index < -0.39 is 0 Å². The summed E-state index contributed by atoms with van der Waals surface area (Å²) in [6, 6.07) is 5.72. The molecule has 1 N–H and O–H groups in total. The molecule has 0 radical (unpaired) electrons. The van der Waals surface area contributed by atoms with Gasteiger partial charge in [0.05, 0.1) is 17.4 Å². The van der Waals surface area contributed by atoms with E-state index >= 15 is 0 Å². The van der Waals surface area contributed by atoms with Crippen molar-refractivity contribution in [1.29, 1.82) is 0 Å². The van der Waals surface area contributed by atoms with Crippen LogP contribution in [0, 0.1) is 11.3 Å². The minimum absolute atomic E-state index is 0.157. The lowest BCUT2D eigenvalue weighted by molar-refractivity contribution is 0.0567. The molecule has 0 bridgehead atoms. The van der Waals surface area contributed by atoms with Crippen LogP contribution in [0.15, 0.2) is 24.5 Å². The average Bonchev–Trinajstić information content (AvgIpc) is 3.26. The summed E-state index contributed by atoms with van der Waals surface area (Å²) in [7, 11) is 0. The van der Waals surface area contributed by atoms with Gasteiger partial charge in [0, 0.05) is 18.7 Å². The molecule has 1 amide bonds. The summed E-state index contributed by atoms with van der Waals surface area (Å²) in [6.45, 7) is 4.20. The number of amides is 1. The zero-order chi connectivity index (χ0) is 14.4. The highest BCUT2D eigenvalue weighted by atomic mass is 16.2. The summed E-state index contributed by atoms with van der Waals surface area (Å²) in [5.41, 5.74) is 3.08. The van der Waals surface area contributed by atoms with Gasteiger partial charge in [-0.1, -0.05) is 6.92 Å². The predicted octanol–water partition coefficient (Wildman–Crippen LogP) is 3.22. The fourth-order valence-electron chi connectivity index (χ4n) is 3.66. The molecule has 0 atom stereocenters. The fourth-order valence-corrected chi connectivity index (χ4v) is 3.66. The van der Waals surface area contributed by atoms with Crippen LogP contribution in [0.2, 0.25) is 0 Å². The Kier molecular flexibility index (Phi) is 2.81. The Morgan fingerprint density at radius 3 is 2.81 bits per heavy atom. The minimum atomic E-state index is 0.157. The number of nitrogens with zero attached hydrogens (tertiary/aromatic N) is 2. The lowest BCUT2D eigenvalue weighted by Crippen LogP contribution is -2.42. The number of hydrogen-bond acceptors (Lipinski definition) is 2. The number of carbonyl (C=O) groups is 1. The van der Waals surface area contributed by atoms with Crippen LogP contribution >= 0.6 is 0 Å². The monoisotopic (exact) mass is 283 g/mol. The van der Waals surface area contributed by atoms with Crippen LogP contribution in [0.4, 0.5) is 0 Å². The van der Waals surface area contributed by atoms with Crippen molar-refractivity contribution in [2.24, 2.45) is 11.3 Å². The molecule has 1 aliphatic heterocycles. The third kappa shape index (κ3) is 2.23. The predicted molar refractivity (Wildman–Crippen MR) is 82.1 cm³/mol. The molecule has 4 nitrogen and oxygen atoms in total. The van der Waals surface area contributed by atoms with E-state index in [1.54, 1.807) is 6.33 Å². The van der Waals surface area contributed by atoms with Crippen molar-refractivity contribution in [3.05, 3.63) is 30.1 Å². The second-order valence-electron chi connectivity index (χ2n) is 6.85. The first kappa shape index (κ1) is 12.9. The molecule has 4 rings (SSSR count). The van der Waals surface area contributed by atoms with Gasteiger partial charge in [-0.15, -0.1) is 0 Å². The molecule has 1 saturated carbocycles. The van der Waals surface area contributed by atoms with E-state index in [4.69, 9.17) is 0 Å². The topological polar surface area (TPSA) is 49.0 Å². The highest BCUT2D eigenvalue weighted by Crippen LogP contribution is 2.51. The third-order valence-corrected chi connectivity index (χ3v) is 5.42. The number of aromatic nitrogens is 2. The van der Waals surface area contributed by atoms with Gasteiger partial charge in [-0.2, -0.15) is 0 Å². The van der Waals surface area contributed by atoms with E-state index in [-0.39, 0.29) is 5.91 Å². The molecule has 21 heavy (non-hydrogen) atoms. The molecular weight excluding hydrogens is 262 g/mol.